The highest BCUT2D eigenvalue weighted by Crippen LogP contribution is 2.26. The van der Waals surface area contributed by atoms with Gasteiger partial charge in [-0.15, -0.1) is 0 Å². The lowest BCUT2D eigenvalue weighted by Crippen LogP contribution is -2.04. The highest BCUT2D eigenvalue weighted by atomic mass is 16.5. The Labute approximate surface area is 102 Å². The molecule has 0 heterocycles. The molecule has 0 aliphatic carbocycles. The molecule has 0 amide bonds. The van der Waals surface area contributed by atoms with Gasteiger partial charge in [-0.1, -0.05) is 12.1 Å². The Morgan fingerprint density at radius 2 is 2.11 bits per heavy atom. The number of esters is 1. The van der Waals surface area contributed by atoms with E-state index < -0.39 is 23.3 Å². The Morgan fingerprint density at radius 1 is 1.44 bits per heavy atom. The first-order valence-corrected chi connectivity index (χ1v) is 4.76. The molecule has 6 nitrogen and oxygen atoms in total. The molecule has 2 N–H and O–H groups in total. The molecule has 6 heteroatoms. The zero-order valence-corrected chi connectivity index (χ0v) is 9.38. The van der Waals surface area contributed by atoms with Crippen LogP contribution < -0.4 is 0 Å². The molecular weight excluding hydrogens is 238 g/mol. The third-order valence-electron chi connectivity index (χ3n) is 2.13. The first-order valence-electron chi connectivity index (χ1n) is 4.76. The van der Waals surface area contributed by atoms with E-state index in [9.17, 15) is 14.7 Å². The van der Waals surface area contributed by atoms with Crippen molar-refractivity contribution < 1.29 is 24.5 Å². The van der Waals surface area contributed by atoms with Crippen molar-refractivity contribution in [1.82, 2.24) is 0 Å². The van der Waals surface area contributed by atoms with E-state index in [0.29, 0.717) is 0 Å². The fraction of sp³-hybridized carbons (Fsp3) is 0.0833. The van der Waals surface area contributed by atoms with Crippen molar-refractivity contribution in [3.8, 4) is 11.8 Å². The second-order valence-corrected chi connectivity index (χ2v) is 3.20. The number of aromatic carboxylic acids is 1. The molecule has 0 radical (unpaired) electrons. The lowest BCUT2D eigenvalue weighted by Gasteiger charge is -2.06. The van der Waals surface area contributed by atoms with Gasteiger partial charge in [0.1, 0.15) is 17.4 Å². The molecule has 0 aliphatic rings. The molecule has 0 spiro atoms. The summed E-state index contributed by atoms with van der Waals surface area (Å²) in [7, 11) is 1.13. The van der Waals surface area contributed by atoms with Gasteiger partial charge >= 0.3 is 11.9 Å². The maximum absolute atomic E-state index is 11.1. The molecule has 0 fully saturated rings. The number of carbonyl (C=O) groups excluding carboxylic acids is 1. The van der Waals surface area contributed by atoms with Gasteiger partial charge in [0, 0.05) is 11.6 Å². The normalized spacial score (nSPS) is 10.6. The second-order valence-electron chi connectivity index (χ2n) is 3.20. The number of hydrogen-bond acceptors (Lipinski definition) is 5. The summed E-state index contributed by atoms with van der Waals surface area (Å²) >= 11 is 0. The number of nitriles is 1. The van der Waals surface area contributed by atoms with Crippen LogP contribution in [-0.4, -0.2) is 29.3 Å². The van der Waals surface area contributed by atoms with Gasteiger partial charge in [0.2, 0.25) is 0 Å². The number of ether oxygens (including phenoxy) is 1. The zero-order chi connectivity index (χ0) is 13.7. The highest BCUT2D eigenvalue weighted by molar-refractivity contribution is 6.02. The van der Waals surface area contributed by atoms with Crippen molar-refractivity contribution in [3.05, 3.63) is 35.4 Å². The number of aromatic hydroxyl groups is 1. The van der Waals surface area contributed by atoms with Crippen LogP contribution in [0.4, 0.5) is 0 Å². The van der Waals surface area contributed by atoms with E-state index in [4.69, 9.17) is 10.4 Å². The molecule has 92 valence electrons. The number of carboxylic acid groups (broad SMARTS) is 1. The largest absolute Gasteiger partial charge is 0.507 e. The molecule has 0 atom stereocenters. The van der Waals surface area contributed by atoms with Crippen molar-refractivity contribution in [2.24, 2.45) is 0 Å². The van der Waals surface area contributed by atoms with Crippen LogP contribution in [0.2, 0.25) is 0 Å². The summed E-state index contributed by atoms with van der Waals surface area (Å²) in [6, 6.07) is 5.57. The van der Waals surface area contributed by atoms with Gasteiger partial charge in [-0.2, -0.15) is 5.26 Å². The second kappa shape index (κ2) is 5.50. The van der Waals surface area contributed by atoms with Crippen LogP contribution in [0.5, 0.6) is 5.75 Å². The third-order valence-corrected chi connectivity index (χ3v) is 2.13. The average molecular weight is 247 g/mol. The number of carboxylic acids is 1. The topological polar surface area (TPSA) is 108 Å². The maximum Gasteiger partial charge on any atom is 0.340 e. The van der Waals surface area contributed by atoms with Gasteiger partial charge in [0.05, 0.1) is 12.7 Å². The molecule has 18 heavy (non-hydrogen) atoms. The number of methoxy groups -OCH3 is 1. The van der Waals surface area contributed by atoms with Gasteiger partial charge in [0.15, 0.2) is 0 Å². The molecule has 0 bridgehead atoms. The summed E-state index contributed by atoms with van der Waals surface area (Å²) in [5, 5.41) is 27.4. The molecule has 0 unspecified atom stereocenters. The van der Waals surface area contributed by atoms with E-state index in [0.717, 1.165) is 13.2 Å². The van der Waals surface area contributed by atoms with Crippen LogP contribution in [0.3, 0.4) is 0 Å². The van der Waals surface area contributed by atoms with Gasteiger partial charge < -0.3 is 14.9 Å². The molecule has 0 saturated heterocycles. The van der Waals surface area contributed by atoms with E-state index in [2.05, 4.69) is 4.74 Å². The quantitative estimate of drug-likeness (QED) is 0.471. The van der Waals surface area contributed by atoms with Crippen molar-refractivity contribution in [1.29, 1.82) is 5.26 Å². The summed E-state index contributed by atoms with van der Waals surface area (Å²) in [4.78, 5) is 22.1. The summed E-state index contributed by atoms with van der Waals surface area (Å²) in [5.41, 5.74) is -0.681. The molecule has 1 aromatic rings. The number of nitrogens with zero attached hydrogens (tertiary/aromatic N) is 1. The standard InChI is InChI=1S/C12H9NO5/c1-18-10(15)5-7(6-13)8-3-2-4-9(14)11(8)12(16)17/h2-5,14H,1H3,(H,16,17). The summed E-state index contributed by atoms with van der Waals surface area (Å²) < 4.78 is 4.36. The number of benzene rings is 1. The van der Waals surface area contributed by atoms with E-state index in [1.54, 1.807) is 6.07 Å². The fourth-order valence-electron chi connectivity index (χ4n) is 1.34. The van der Waals surface area contributed by atoms with Crippen molar-refractivity contribution in [2.45, 2.75) is 0 Å². The number of phenols is 1. The minimum atomic E-state index is -1.39. The first-order chi connectivity index (χ1) is 8.51. The van der Waals surface area contributed by atoms with Crippen LogP contribution in [0.1, 0.15) is 15.9 Å². The minimum absolute atomic E-state index is 0.0459. The summed E-state index contributed by atoms with van der Waals surface area (Å²) in [5.74, 6) is -2.66. The van der Waals surface area contributed by atoms with E-state index in [1.165, 1.54) is 18.2 Å². The lowest BCUT2D eigenvalue weighted by atomic mass is 9.99. The number of carbonyl (C=O) groups is 2. The fourth-order valence-corrected chi connectivity index (χ4v) is 1.34. The van der Waals surface area contributed by atoms with Crippen LogP contribution in [0.15, 0.2) is 24.3 Å². The Hall–Kier alpha value is -2.81. The monoisotopic (exact) mass is 247 g/mol. The van der Waals surface area contributed by atoms with Crippen LogP contribution in [-0.2, 0) is 9.53 Å². The van der Waals surface area contributed by atoms with E-state index in [-0.39, 0.29) is 11.1 Å². The number of allylic oxidation sites excluding steroid dienone is 1. The van der Waals surface area contributed by atoms with Gasteiger partial charge in [-0.25, -0.2) is 9.59 Å². The molecule has 0 aromatic heterocycles. The van der Waals surface area contributed by atoms with Gasteiger partial charge in [0.25, 0.3) is 0 Å². The molecule has 0 aliphatic heterocycles. The predicted molar refractivity (Wildman–Crippen MR) is 60.7 cm³/mol. The molecule has 1 rings (SSSR count). The average Bonchev–Trinajstić information content (AvgIpc) is 2.34. The van der Waals surface area contributed by atoms with Gasteiger partial charge in [-0.05, 0) is 6.07 Å². The molecule has 0 saturated carbocycles. The summed E-state index contributed by atoms with van der Waals surface area (Å²) in [6.07, 6.45) is 0.862. The molecular formula is C12H9NO5. The first kappa shape index (κ1) is 13.3. The van der Waals surface area contributed by atoms with E-state index in [1.807, 2.05) is 0 Å². The zero-order valence-electron chi connectivity index (χ0n) is 9.38. The Morgan fingerprint density at radius 3 is 2.61 bits per heavy atom. The highest BCUT2D eigenvalue weighted by Gasteiger charge is 2.18. The summed E-state index contributed by atoms with van der Waals surface area (Å²) in [6.45, 7) is 0. The SMILES string of the molecule is COC(=O)C=C(C#N)c1cccc(O)c1C(=O)O. The van der Waals surface area contributed by atoms with Crippen molar-refractivity contribution in [2.75, 3.05) is 7.11 Å². The van der Waals surface area contributed by atoms with Gasteiger partial charge in [-0.3, -0.25) is 0 Å². The Kier molecular flexibility index (Phi) is 4.05. The minimum Gasteiger partial charge on any atom is -0.507 e. The smallest absolute Gasteiger partial charge is 0.340 e. The van der Waals surface area contributed by atoms with Crippen LogP contribution >= 0.6 is 0 Å². The number of rotatable bonds is 3. The number of hydrogen-bond donors (Lipinski definition) is 2. The lowest BCUT2D eigenvalue weighted by molar-refractivity contribution is -0.134. The predicted octanol–water partition coefficient (Wildman–Crippen LogP) is 1.17. The van der Waals surface area contributed by atoms with E-state index >= 15 is 0 Å². The molecule has 1 aromatic carbocycles. The van der Waals surface area contributed by atoms with Crippen LogP contribution in [0.25, 0.3) is 5.57 Å². The Bertz CT molecular complexity index is 568. The maximum atomic E-state index is 11.1. The Balaban J connectivity index is 3.45. The van der Waals surface area contributed by atoms with Crippen molar-refractivity contribution in [3.63, 3.8) is 0 Å². The van der Waals surface area contributed by atoms with Crippen molar-refractivity contribution >= 4 is 17.5 Å². The van der Waals surface area contributed by atoms with Crippen LogP contribution in [0, 0.1) is 11.3 Å². The third kappa shape index (κ3) is 2.65.